The van der Waals surface area contributed by atoms with Crippen LogP contribution in [0.15, 0.2) is 114 Å². The predicted octanol–water partition coefficient (Wildman–Crippen LogP) is 12.1. The van der Waals surface area contributed by atoms with Gasteiger partial charge in [-0.15, -0.1) is 0 Å². The zero-order valence-electron chi connectivity index (χ0n) is 29.6. The van der Waals surface area contributed by atoms with Crippen molar-refractivity contribution in [2.45, 2.75) is 52.4 Å². The maximum Gasteiger partial charge on any atom is 0.145 e. The van der Waals surface area contributed by atoms with Gasteiger partial charge in [0, 0.05) is 26.9 Å². The minimum atomic E-state index is -0.0338. The van der Waals surface area contributed by atoms with E-state index in [1.54, 1.807) is 0 Å². The molecule has 0 saturated heterocycles. The Morgan fingerprint density at radius 2 is 0.980 bits per heavy atom. The van der Waals surface area contributed by atoms with Crippen LogP contribution in [0.25, 0.3) is 76.9 Å². The largest absolute Gasteiger partial charge is 0.455 e. The molecule has 51 heavy (non-hydrogen) atoms. The average molecular weight is 661 g/mol. The van der Waals surface area contributed by atoms with Crippen LogP contribution in [0.5, 0.6) is 0 Å². The quantitative estimate of drug-likeness (QED) is 0.185. The lowest BCUT2D eigenvalue weighted by Crippen LogP contribution is -2.10. The minimum absolute atomic E-state index is 0.0338. The van der Waals surface area contributed by atoms with Crippen molar-refractivity contribution in [1.82, 2.24) is 9.13 Å². The number of para-hydroxylation sites is 2. The van der Waals surface area contributed by atoms with Crippen LogP contribution in [0.4, 0.5) is 0 Å². The van der Waals surface area contributed by atoms with E-state index in [4.69, 9.17) is 4.42 Å². The Morgan fingerprint density at radius 3 is 1.55 bits per heavy atom. The Hall–Kier alpha value is -6.30. The molecule has 3 aromatic heterocycles. The highest BCUT2D eigenvalue weighted by Crippen LogP contribution is 2.43. The minimum Gasteiger partial charge on any atom is -0.455 e. The maximum atomic E-state index is 10.9. The van der Waals surface area contributed by atoms with E-state index in [1.165, 1.54) is 11.1 Å². The summed E-state index contributed by atoms with van der Waals surface area (Å²) in [5.41, 5.74) is 9.93. The summed E-state index contributed by atoms with van der Waals surface area (Å²) in [7, 11) is 0. The summed E-state index contributed by atoms with van der Waals surface area (Å²) >= 11 is 0. The molecule has 0 fully saturated rings. The van der Waals surface area contributed by atoms with Crippen molar-refractivity contribution >= 4 is 65.6 Å². The van der Waals surface area contributed by atoms with E-state index < -0.39 is 0 Å². The second-order valence-electron chi connectivity index (χ2n) is 15.7. The van der Waals surface area contributed by atoms with Crippen molar-refractivity contribution in [2.75, 3.05) is 0 Å². The van der Waals surface area contributed by atoms with Gasteiger partial charge in [0.05, 0.1) is 50.0 Å². The molecule has 0 unspecified atom stereocenters. The standard InChI is InChI=1S/C46H36N4O/c1-45(2,3)27-15-18-37-32(23-27)33-24-28(46(4,5)6)16-19-38(33)49(37)39-21-22-40(35(26-48)34(39)25-47)50-36-13-9-7-12-31(36)43-41(50)20-17-30-29-11-8-10-14-42(29)51-44(30)43/h7-24H,1-6H3. The third-order valence-electron chi connectivity index (χ3n) is 10.5. The average Bonchev–Trinajstić information content (AvgIpc) is 3.77. The summed E-state index contributed by atoms with van der Waals surface area (Å²) in [4.78, 5) is 0. The first-order valence-electron chi connectivity index (χ1n) is 17.4. The van der Waals surface area contributed by atoms with Crippen LogP contribution >= 0.6 is 0 Å². The molecule has 6 aromatic carbocycles. The monoisotopic (exact) mass is 660 g/mol. The molecule has 5 heteroatoms. The first-order valence-corrected chi connectivity index (χ1v) is 17.4. The summed E-state index contributed by atoms with van der Waals surface area (Å²) in [6.07, 6.45) is 0. The molecule has 0 bridgehead atoms. The Balaban J connectivity index is 1.35. The Morgan fingerprint density at radius 1 is 0.490 bits per heavy atom. The highest BCUT2D eigenvalue weighted by atomic mass is 16.3. The molecule has 9 rings (SSSR count). The summed E-state index contributed by atoms with van der Waals surface area (Å²) in [5.74, 6) is 0. The highest BCUT2D eigenvalue weighted by molar-refractivity contribution is 6.24. The van der Waals surface area contributed by atoms with E-state index in [0.29, 0.717) is 22.5 Å². The van der Waals surface area contributed by atoms with Crippen molar-refractivity contribution in [3.05, 3.63) is 131 Å². The van der Waals surface area contributed by atoms with Crippen molar-refractivity contribution in [3.8, 4) is 23.5 Å². The van der Waals surface area contributed by atoms with Gasteiger partial charge in [0.15, 0.2) is 0 Å². The smallest absolute Gasteiger partial charge is 0.145 e. The zero-order valence-corrected chi connectivity index (χ0v) is 29.6. The summed E-state index contributed by atoms with van der Waals surface area (Å²) in [6.45, 7) is 13.4. The van der Waals surface area contributed by atoms with Gasteiger partial charge in [-0.1, -0.05) is 90.1 Å². The molecular weight excluding hydrogens is 625 g/mol. The van der Waals surface area contributed by atoms with Crippen LogP contribution in [-0.4, -0.2) is 9.13 Å². The molecule has 0 amide bonds. The van der Waals surface area contributed by atoms with Crippen LogP contribution in [-0.2, 0) is 10.8 Å². The second-order valence-corrected chi connectivity index (χ2v) is 15.7. The molecule has 0 aliphatic rings. The van der Waals surface area contributed by atoms with Crippen LogP contribution in [0.3, 0.4) is 0 Å². The fraction of sp³-hybridized carbons (Fsp3) is 0.174. The summed E-state index contributed by atoms with van der Waals surface area (Å²) < 4.78 is 10.8. The molecule has 0 aliphatic carbocycles. The first kappa shape index (κ1) is 30.7. The Kier molecular flexibility index (Phi) is 6.39. The Labute approximate surface area is 296 Å². The molecule has 9 aromatic rings. The topological polar surface area (TPSA) is 70.6 Å². The van der Waals surface area contributed by atoms with Crippen molar-refractivity contribution in [2.24, 2.45) is 0 Å². The van der Waals surface area contributed by atoms with Gasteiger partial charge < -0.3 is 13.6 Å². The molecule has 0 radical (unpaired) electrons. The normalized spacial score (nSPS) is 12.5. The lowest BCUT2D eigenvalue weighted by atomic mass is 9.85. The van der Waals surface area contributed by atoms with E-state index in [9.17, 15) is 10.5 Å². The van der Waals surface area contributed by atoms with Gasteiger partial charge in [0.25, 0.3) is 0 Å². The van der Waals surface area contributed by atoms with Gasteiger partial charge in [-0.05, 0) is 82.6 Å². The maximum absolute atomic E-state index is 10.9. The molecule has 0 N–H and O–H groups in total. The van der Waals surface area contributed by atoms with Crippen LogP contribution in [0, 0.1) is 22.7 Å². The number of furan rings is 1. The molecule has 0 aliphatic heterocycles. The first-order chi connectivity index (χ1) is 24.5. The van der Waals surface area contributed by atoms with Crippen molar-refractivity contribution in [3.63, 3.8) is 0 Å². The van der Waals surface area contributed by atoms with Gasteiger partial charge in [-0.2, -0.15) is 10.5 Å². The highest BCUT2D eigenvalue weighted by Gasteiger charge is 2.25. The lowest BCUT2D eigenvalue weighted by molar-refractivity contribution is 0.590. The number of nitrogens with zero attached hydrogens (tertiary/aromatic N) is 4. The van der Waals surface area contributed by atoms with Gasteiger partial charge in [-0.3, -0.25) is 0 Å². The fourth-order valence-corrected chi connectivity index (χ4v) is 7.89. The summed E-state index contributed by atoms with van der Waals surface area (Å²) in [6, 6.07) is 42.7. The number of aromatic nitrogens is 2. The van der Waals surface area contributed by atoms with E-state index in [2.05, 4.69) is 130 Å². The van der Waals surface area contributed by atoms with Crippen LogP contribution in [0.1, 0.15) is 63.8 Å². The third kappa shape index (κ3) is 4.38. The van der Waals surface area contributed by atoms with Gasteiger partial charge in [-0.25, -0.2) is 0 Å². The molecule has 0 spiro atoms. The number of nitriles is 2. The van der Waals surface area contributed by atoms with E-state index >= 15 is 0 Å². The summed E-state index contributed by atoms with van der Waals surface area (Å²) in [5, 5.41) is 28.2. The molecule has 3 heterocycles. The molecule has 5 nitrogen and oxygen atoms in total. The van der Waals surface area contributed by atoms with Gasteiger partial charge in [0.2, 0.25) is 0 Å². The van der Waals surface area contributed by atoms with Crippen LogP contribution < -0.4 is 0 Å². The van der Waals surface area contributed by atoms with Crippen molar-refractivity contribution in [1.29, 1.82) is 10.5 Å². The van der Waals surface area contributed by atoms with Crippen molar-refractivity contribution < 1.29 is 4.42 Å². The number of benzene rings is 6. The SMILES string of the molecule is CC(C)(C)c1ccc2c(c1)c1cc(C(C)(C)C)ccc1n2-c1ccc(-n2c3ccccc3c3c4oc5ccccc5c4ccc32)c(C#N)c1C#N. The Bertz CT molecular complexity index is 2940. The number of fused-ring (bicyclic) bond motifs is 10. The van der Waals surface area contributed by atoms with E-state index in [0.717, 1.165) is 65.6 Å². The van der Waals surface area contributed by atoms with Gasteiger partial charge in [0.1, 0.15) is 23.3 Å². The van der Waals surface area contributed by atoms with E-state index in [-0.39, 0.29) is 10.8 Å². The molecule has 0 saturated carbocycles. The molecular formula is C46H36N4O. The number of hydrogen-bond acceptors (Lipinski definition) is 3. The number of hydrogen-bond donors (Lipinski definition) is 0. The second kappa shape index (κ2) is 10.6. The van der Waals surface area contributed by atoms with Crippen LogP contribution in [0.2, 0.25) is 0 Å². The third-order valence-corrected chi connectivity index (χ3v) is 10.5. The molecule has 246 valence electrons. The fourth-order valence-electron chi connectivity index (χ4n) is 7.89. The van der Waals surface area contributed by atoms with E-state index in [1.807, 2.05) is 42.5 Å². The molecule has 0 atom stereocenters. The lowest BCUT2D eigenvalue weighted by Gasteiger charge is -2.19. The zero-order chi connectivity index (χ0) is 35.4. The number of rotatable bonds is 2. The predicted molar refractivity (Wildman–Crippen MR) is 209 cm³/mol. The van der Waals surface area contributed by atoms with Gasteiger partial charge >= 0.3 is 0 Å².